The topological polar surface area (TPSA) is 56.8 Å². The Morgan fingerprint density at radius 3 is 1.83 bits per heavy atom. The number of para-hydroxylation sites is 2. The normalized spacial score (nSPS) is 12.1. The minimum atomic E-state index is -3.53. The molecule has 4 aromatic rings. The van der Waals surface area contributed by atoms with Gasteiger partial charge in [-0.3, -0.25) is 0 Å². The summed E-state index contributed by atoms with van der Waals surface area (Å²) in [5.41, 5.74) is 3.30. The molecule has 180 valence electrons. The first-order chi connectivity index (χ1) is 17.0. The van der Waals surface area contributed by atoms with Gasteiger partial charge in [0.05, 0.1) is 7.11 Å². The highest BCUT2D eigenvalue weighted by Gasteiger charge is 2.29. The first-order valence-electron chi connectivity index (χ1n) is 11.6. The van der Waals surface area contributed by atoms with Crippen LogP contribution in [0.2, 0.25) is 0 Å². The molecule has 5 nitrogen and oxygen atoms in total. The molecule has 0 aromatic heterocycles. The highest BCUT2D eigenvalue weighted by molar-refractivity contribution is 7.54. The van der Waals surface area contributed by atoms with Crippen LogP contribution in [0.25, 0.3) is 11.1 Å². The van der Waals surface area contributed by atoms with Crippen LogP contribution >= 0.6 is 7.60 Å². The Balaban J connectivity index is 1.45. The van der Waals surface area contributed by atoms with E-state index in [9.17, 15) is 4.57 Å². The summed E-state index contributed by atoms with van der Waals surface area (Å²) in [5.74, 6) is 1.82. The van der Waals surface area contributed by atoms with Gasteiger partial charge in [-0.05, 0) is 60.4 Å². The van der Waals surface area contributed by atoms with Gasteiger partial charge in [0.15, 0.2) is 0 Å². The van der Waals surface area contributed by atoms with Crippen LogP contribution in [0.3, 0.4) is 0 Å². The first kappa shape index (κ1) is 24.6. The molecule has 0 saturated heterocycles. The molecule has 0 fully saturated rings. The van der Waals surface area contributed by atoms with Crippen LogP contribution in [0, 0.1) is 0 Å². The minimum Gasteiger partial charge on any atom is -0.496 e. The molecule has 1 atom stereocenters. The van der Waals surface area contributed by atoms with Gasteiger partial charge < -0.3 is 19.1 Å². The summed E-state index contributed by atoms with van der Waals surface area (Å²) in [7, 11) is -1.85. The Labute approximate surface area is 207 Å². The molecule has 0 bridgehead atoms. The molecule has 0 saturated carbocycles. The smallest absolute Gasteiger partial charge is 0.444 e. The number of benzene rings is 4. The van der Waals surface area contributed by atoms with Crippen LogP contribution < -0.4 is 19.1 Å². The molecule has 1 unspecified atom stereocenters. The Kier molecular flexibility index (Phi) is 8.25. The SMILES string of the molecule is COc1cc(-c2ccccc2)ccc1CC(C)NCP(=O)(Oc1ccccc1)Oc1ccccc1. The van der Waals surface area contributed by atoms with E-state index in [1.807, 2.05) is 61.5 Å². The number of hydrogen-bond acceptors (Lipinski definition) is 5. The predicted molar refractivity (Wildman–Crippen MR) is 141 cm³/mol. The van der Waals surface area contributed by atoms with E-state index >= 15 is 0 Å². The van der Waals surface area contributed by atoms with Gasteiger partial charge in [0.2, 0.25) is 0 Å². The summed E-state index contributed by atoms with van der Waals surface area (Å²) in [5, 5.41) is 3.34. The average molecular weight is 488 g/mol. The third-order valence-corrected chi connectivity index (χ3v) is 7.08. The lowest BCUT2D eigenvalue weighted by atomic mass is 10.00. The molecule has 35 heavy (non-hydrogen) atoms. The van der Waals surface area contributed by atoms with Crippen LogP contribution in [0.15, 0.2) is 109 Å². The van der Waals surface area contributed by atoms with Crippen molar-refractivity contribution >= 4 is 7.60 Å². The summed E-state index contributed by atoms with van der Waals surface area (Å²) >= 11 is 0. The second-order valence-corrected chi connectivity index (χ2v) is 10.2. The standard InChI is InChI=1S/C29H30NO4P/c1-23(20-26-19-18-25(21-29(26)32-2)24-12-6-3-7-13-24)30-22-35(31,33-27-14-8-4-9-15-27)34-28-16-10-5-11-17-28/h3-19,21,23,30H,20,22H2,1-2H3. The Hall–Kier alpha value is -3.53. The van der Waals surface area contributed by atoms with Crippen LogP contribution in [0.1, 0.15) is 12.5 Å². The monoisotopic (exact) mass is 487 g/mol. The van der Waals surface area contributed by atoms with E-state index in [1.54, 1.807) is 31.4 Å². The lowest BCUT2D eigenvalue weighted by molar-refractivity contribution is 0.375. The summed E-state index contributed by atoms with van der Waals surface area (Å²) in [6.07, 6.45) is 0.747. The number of methoxy groups -OCH3 is 1. The molecule has 0 aliphatic heterocycles. The number of ether oxygens (including phenoxy) is 1. The van der Waals surface area contributed by atoms with Gasteiger partial charge in [-0.15, -0.1) is 0 Å². The number of nitrogens with one attached hydrogen (secondary N) is 1. The second kappa shape index (κ2) is 11.7. The fourth-order valence-electron chi connectivity index (χ4n) is 3.76. The largest absolute Gasteiger partial charge is 0.496 e. The molecule has 1 N–H and O–H groups in total. The van der Waals surface area contributed by atoms with Crippen LogP contribution in [0.5, 0.6) is 17.2 Å². The van der Waals surface area contributed by atoms with Crippen LogP contribution in [0.4, 0.5) is 0 Å². The van der Waals surface area contributed by atoms with Crippen LogP contribution in [-0.4, -0.2) is 19.4 Å². The van der Waals surface area contributed by atoms with Crippen molar-refractivity contribution in [2.45, 2.75) is 19.4 Å². The maximum atomic E-state index is 13.7. The van der Waals surface area contributed by atoms with Crippen molar-refractivity contribution in [2.75, 3.05) is 13.4 Å². The average Bonchev–Trinajstić information content (AvgIpc) is 2.89. The van der Waals surface area contributed by atoms with E-state index in [2.05, 4.69) is 35.6 Å². The van der Waals surface area contributed by atoms with E-state index in [0.717, 1.165) is 22.4 Å². The molecule has 0 radical (unpaired) electrons. The molecule has 0 spiro atoms. The van der Waals surface area contributed by atoms with Gasteiger partial charge in [-0.1, -0.05) is 78.9 Å². The van der Waals surface area contributed by atoms with Crippen molar-refractivity contribution in [3.8, 4) is 28.4 Å². The Bertz CT molecular complexity index is 1200. The van der Waals surface area contributed by atoms with E-state index in [-0.39, 0.29) is 12.3 Å². The van der Waals surface area contributed by atoms with E-state index in [1.165, 1.54) is 0 Å². The molecule has 0 amide bonds. The highest BCUT2D eigenvalue weighted by atomic mass is 31.2. The van der Waals surface area contributed by atoms with Crippen molar-refractivity contribution in [2.24, 2.45) is 0 Å². The van der Waals surface area contributed by atoms with Crippen LogP contribution in [-0.2, 0) is 11.0 Å². The summed E-state index contributed by atoms with van der Waals surface area (Å²) in [6.45, 7) is 2.04. The molecule has 4 aromatic carbocycles. The van der Waals surface area contributed by atoms with Crippen molar-refractivity contribution in [3.63, 3.8) is 0 Å². The molecular formula is C29H30NO4P. The lowest BCUT2D eigenvalue weighted by Crippen LogP contribution is -2.31. The number of hydrogen-bond donors (Lipinski definition) is 1. The van der Waals surface area contributed by atoms with Gasteiger partial charge in [0.1, 0.15) is 23.5 Å². The van der Waals surface area contributed by atoms with Crippen molar-refractivity contribution < 1.29 is 18.3 Å². The van der Waals surface area contributed by atoms with Gasteiger partial charge >= 0.3 is 7.60 Å². The highest BCUT2D eigenvalue weighted by Crippen LogP contribution is 2.47. The Morgan fingerprint density at radius 1 is 0.743 bits per heavy atom. The van der Waals surface area contributed by atoms with Crippen molar-refractivity contribution in [1.29, 1.82) is 0 Å². The lowest BCUT2D eigenvalue weighted by Gasteiger charge is -2.23. The molecule has 0 aliphatic rings. The molecule has 0 aliphatic carbocycles. The van der Waals surface area contributed by atoms with Crippen molar-refractivity contribution in [3.05, 3.63) is 115 Å². The summed E-state index contributed by atoms with van der Waals surface area (Å²) in [6, 6.07) is 34.6. The van der Waals surface area contributed by atoms with E-state index in [4.69, 9.17) is 13.8 Å². The zero-order valence-electron chi connectivity index (χ0n) is 20.0. The van der Waals surface area contributed by atoms with E-state index in [0.29, 0.717) is 17.9 Å². The third-order valence-electron chi connectivity index (χ3n) is 5.53. The van der Waals surface area contributed by atoms with Crippen molar-refractivity contribution in [1.82, 2.24) is 5.32 Å². The fourth-order valence-corrected chi connectivity index (χ4v) is 5.35. The predicted octanol–water partition coefficient (Wildman–Crippen LogP) is 7.19. The summed E-state index contributed by atoms with van der Waals surface area (Å²) < 4.78 is 31.1. The van der Waals surface area contributed by atoms with E-state index < -0.39 is 7.60 Å². The molecule has 4 rings (SSSR count). The summed E-state index contributed by atoms with van der Waals surface area (Å²) in [4.78, 5) is 0. The van der Waals surface area contributed by atoms with Gasteiger partial charge in [0.25, 0.3) is 0 Å². The van der Waals surface area contributed by atoms with Gasteiger partial charge in [-0.25, -0.2) is 4.57 Å². The zero-order chi connectivity index (χ0) is 24.5. The molecular weight excluding hydrogens is 457 g/mol. The van der Waals surface area contributed by atoms with Gasteiger partial charge in [-0.2, -0.15) is 0 Å². The fraction of sp³-hybridized carbons (Fsp3) is 0.172. The minimum absolute atomic E-state index is 0.00135. The maximum absolute atomic E-state index is 13.7. The third kappa shape index (κ3) is 6.98. The maximum Gasteiger partial charge on any atom is 0.444 e. The molecule has 6 heteroatoms. The number of rotatable bonds is 11. The van der Waals surface area contributed by atoms with Gasteiger partial charge in [0, 0.05) is 6.04 Å². The molecule has 0 heterocycles. The second-order valence-electron chi connectivity index (χ2n) is 8.28. The quantitative estimate of drug-likeness (QED) is 0.227. The Morgan fingerprint density at radius 2 is 1.29 bits per heavy atom. The first-order valence-corrected chi connectivity index (χ1v) is 13.3. The zero-order valence-corrected chi connectivity index (χ0v) is 20.9.